The third-order valence-electron chi connectivity index (χ3n) is 2.41. The van der Waals surface area contributed by atoms with Crippen LogP contribution in [0.25, 0.3) is 0 Å². The summed E-state index contributed by atoms with van der Waals surface area (Å²) >= 11 is 3.49. The van der Waals surface area contributed by atoms with Gasteiger partial charge in [-0.2, -0.15) is 0 Å². The van der Waals surface area contributed by atoms with Crippen LogP contribution in [0, 0.1) is 0 Å². The Labute approximate surface area is 125 Å². The molecule has 0 bridgehead atoms. The summed E-state index contributed by atoms with van der Waals surface area (Å²) in [5.74, 6) is -4.29. The number of aromatic nitrogens is 1. The third-order valence-corrected chi connectivity index (χ3v) is 2.50. The van der Waals surface area contributed by atoms with Gasteiger partial charge < -0.3 is 13.9 Å². The summed E-state index contributed by atoms with van der Waals surface area (Å²) in [5, 5.41) is 2.31. The zero-order chi connectivity index (χ0) is 15.9. The van der Waals surface area contributed by atoms with E-state index in [1.807, 2.05) is 6.92 Å². The Morgan fingerprint density at radius 2 is 2.19 bits per heavy atom. The molecule has 1 aromatic heterocycles. The molecule has 0 radical (unpaired) electrons. The second-order valence-corrected chi connectivity index (χ2v) is 4.40. The van der Waals surface area contributed by atoms with Crippen LogP contribution >= 0.6 is 12.6 Å². The van der Waals surface area contributed by atoms with Gasteiger partial charge in [0, 0.05) is 6.42 Å². The minimum Gasteiger partial charge on any atom is -0.413 e. The zero-order valence-electron chi connectivity index (χ0n) is 11.4. The molecule has 116 valence electrons. The summed E-state index contributed by atoms with van der Waals surface area (Å²) in [6, 6.07) is 0. The maximum atomic E-state index is 11.7. The zero-order valence-corrected chi connectivity index (χ0v) is 12.3. The largest absolute Gasteiger partial charge is 0.542 e. The summed E-state index contributed by atoms with van der Waals surface area (Å²) < 4.78 is 19.0. The van der Waals surface area contributed by atoms with Crippen molar-refractivity contribution in [3.05, 3.63) is 29.2 Å². The molecular weight excluding hydrogens is 302 g/mol. The van der Waals surface area contributed by atoms with Crippen LogP contribution in [0.15, 0.2) is 26.4 Å². The lowest BCUT2D eigenvalue weighted by Crippen LogP contribution is -2.37. The Hall–Kier alpha value is -2.03. The predicted octanol–water partition coefficient (Wildman–Crippen LogP) is 2.16. The maximum Gasteiger partial charge on any atom is 0.542 e. The van der Waals surface area contributed by atoms with Crippen molar-refractivity contribution >= 4 is 23.9 Å². The van der Waals surface area contributed by atoms with Gasteiger partial charge in [-0.1, -0.05) is 32.0 Å². The second kappa shape index (κ2) is 7.67. The van der Waals surface area contributed by atoms with Gasteiger partial charge >= 0.3 is 28.8 Å². The fourth-order valence-corrected chi connectivity index (χ4v) is 1.70. The van der Waals surface area contributed by atoms with E-state index in [4.69, 9.17) is 9.47 Å². The Morgan fingerprint density at radius 3 is 2.67 bits per heavy atom. The van der Waals surface area contributed by atoms with Gasteiger partial charge in [0.15, 0.2) is 0 Å². The normalized spacial score (nSPS) is 13.2. The van der Waals surface area contributed by atoms with E-state index in [1.165, 1.54) is 6.08 Å². The van der Waals surface area contributed by atoms with E-state index < -0.39 is 28.8 Å². The molecule has 0 fully saturated rings. The lowest BCUT2D eigenvalue weighted by molar-refractivity contribution is -0.223. The molecule has 0 spiro atoms. The van der Waals surface area contributed by atoms with Crippen LogP contribution in [-0.2, 0) is 20.1 Å². The molecule has 1 rings (SSSR count). The van der Waals surface area contributed by atoms with Crippen LogP contribution < -0.4 is 5.82 Å². The first-order valence-electron chi connectivity index (χ1n) is 6.15. The van der Waals surface area contributed by atoms with Gasteiger partial charge in [0.05, 0.1) is 6.42 Å². The molecule has 0 saturated heterocycles. The molecule has 1 atom stereocenters. The Morgan fingerprint density at radius 1 is 1.48 bits per heavy atom. The fourth-order valence-electron chi connectivity index (χ4n) is 1.55. The molecule has 0 N–H and O–H groups in total. The number of thiol groups is 1. The highest BCUT2D eigenvalue weighted by atomic mass is 32.1. The van der Waals surface area contributed by atoms with Crippen molar-refractivity contribution in [3.8, 4) is 0 Å². The van der Waals surface area contributed by atoms with Crippen molar-refractivity contribution in [1.82, 2.24) is 5.16 Å². The second-order valence-electron chi connectivity index (χ2n) is 4.03. The number of hydrogen-bond donors (Lipinski definition) is 1. The van der Waals surface area contributed by atoms with E-state index in [9.17, 15) is 14.4 Å². The highest BCUT2D eigenvalue weighted by Gasteiger charge is 2.46. The van der Waals surface area contributed by atoms with E-state index in [1.54, 1.807) is 0 Å². The molecule has 8 nitrogen and oxygen atoms in total. The molecule has 1 aromatic rings. The number of unbranched alkanes of at least 4 members (excludes halogenated alkanes) is 1. The summed E-state index contributed by atoms with van der Waals surface area (Å²) in [4.78, 5) is 33.9. The number of carbonyl (C=O) groups is 2. The molecule has 1 heterocycles. The predicted molar refractivity (Wildman–Crippen MR) is 72.6 cm³/mol. The number of hydrogen-bond acceptors (Lipinski definition) is 8. The molecule has 9 heteroatoms. The first-order valence-corrected chi connectivity index (χ1v) is 6.60. The van der Waals surface area contributed by atoms with Crippen LogP contribution in [0.2, 0.25) is 0 Å². The van der Waals surface area contributed by atoms with Crippen molar-refractivity contribution in [2.45, 2.75) is 38.4 Å². The van der Waals surface area contributed by atoms with Crippen LogP contribution in [0.4, 0.5) is 4.79 Å². The Kier molecular flexibility index (Phi) is 6.22. The highest BCUT2D eigenvalue weighted by Crippen LogP contribution is 2.33. The number of ether oxygens (including phenoxy) is 2. The number of carbonyl (C=O) groups excluding carboxylic acids is 2. The SMILES string of the molecule is C=CCC(=O)OC(CCCC)(OC(=O)S)c1noc(=O)o1. The molecule has 0 saturated carbocycles. The molecule has 0 aliphatic heterocycles. The van der Waals surface area contributed by atoms with Crippen LogP contribution in [-0.4, -0.2) is 16.4 Å². The van der Waals surface area contributed by atoms with E-state index in [0.717, 1.165) is 0 Å². The fraction of sp³-hybridized carbons (Fsp3) is 0.500. The average Bonchev–Trinajstić information content (AvgIpc) is 2.83. The summed E-state index contributed by atoms with van der Waals surface area (Å²) in [6.07, 6.45) is 2.43. The highest BCUT2D eigenvalue weighted by molar-refractivity contribution is 7.96. The molecule has 0 aliphatic rings. The minimum absolute atomic E-state index is 0.0359. The van der Waals surface area contributed by atoms with Crippen LogP contribution in [0.1, 0.15) is 38.5 Å². The van der Waals surface area contributed by atoms with Gasteiger partial charge in [0.2, 0.25) is 0 Å². The van der Waals surface area contributed by atoms with E-state index in [0.29, 0.717) is 12.8 Å². The van der Waals surface area contributed by atoms with E-state index in [2.05, 4.69) is 33.3 Å². The Balaban J connectivity index is 3.18. The lowest BCUT2D eigenvalue weighted by atomic mass is 10.1. The summed E-state index contributed by atoms with van der Waals surface area (Å²) in [7, 11) is 0. The Bertz CT molecular complexity index is 564. The molecule has 1 unspecified atom stereocenters. The lowest BCUT2D eigenvalue weighted by Gasteiger charge is -2.28. The van der Waals surface area contributed by atoms with Gasteiger partial charge in [-0.3, -0.25) is 9.32 Å². The van der Waals surface area contributed by atoms with E-state index in [-0.39, 0.29) is 12.8 Å². The number of esters is 1. The van der Waals surface area contributed by atoms with Crippen molar-refractivity contribution in [3.63, 3.8) is 0 Å². The monoisotopic (exact) mass is 317 g/mol. The first kappa shape index (κ1) is 17.0. The molecule has 21 heavy (non-hydrogen) atoms. The smallest absolute Gasteiger partial charge is 0.413 e. The standard InChI is InChI=1S/C12H15NO7S/c1-3-5-7-12(19-11(16)21,18-8(14)6-4-2)9-13-20-10(15)17-9/h4H,2-3,5-7H2,1H3,(H,16,21). The van der Waals surface area contributed by atoms with Crippen molar-refractivity contribution in [2.75, 3.05) is 0 Å². The molecule has 0 amide bonds. The minimum atomic E-state index is -1.99. The summed E-state index contributed by atoms with van der Waals surface area (Å²) in [6.45, 7) is 5.27. The quantitative estimate of drug-likeness (QED) is 0.336. The van der Waals surface area contributed by atoms with Gasteiger partial charge in [0.1, 0.15) is 0 Å². The first-order chi connectivity index (χ1) is 9.93. The topological polar surface area (TPSA) is 109 Å². The van der Waals surface area contributed by atoms with Gasteiger partial charge in [0.25, 0.3) is 0 Å². The molecule has 0 aliphatic carbocycles. The van der Waals surface area contributed by atoms with Crippen molar-refractivity contribution in [2.24, 2.45) is 0 Å². The van der Waals surface area contributed by atoms with Gasteiger partial charge in [-0.15, -0.1) is 6.58 Å². The average molecular weight is 317 g/mol. The van der Waals surface area contributed by atoms with Crippen LogP contribution in [0.3, 0.4) is 0 Å². The summed E-state index contributed by atoms with van der Waals surface area (Å²) in [5.41, 5.74) is 0. The van der Waals surface area contributed by atoms with E-state index >= 15 is 0 Å². The maximum absolute atomic E-state index is 11.7. The van der Waals surface area contributed by atoms with Gasteiger partial charge in [-0.05, 0) is 11.6 Å². The third kappa shape index (κ3) is 4.78. The number of rotatable bonds is 8. The number of nitrogens with zero attached hydrogens (tertiary/aromatic N) is 1. The van der Waals surface area contributed by atoms with Gasteiger partial charge in [-0.25, -0.2) is 9.59 Å². The molecular formula is C12H15NO7S. The van der Waals surface area contributed by atoms with Crippen molar-refractivity contribution in [1.29, 1.82) is 0 Å². The van der Waals surface area contributed by atoms with Crippen LogP contribution in [0.5, 0.6) is 0 Å². The van der Waals surface area contributed by atoms with Crippen molar-refractivity contribution < 1.29 is 28.0 Å². The molecule has 0 aromatic carbocycles.